The smallest absolute Gasteiger partial charge is 0.336 e. The lowest BCUT2D eigenvalue weighted by atomic mass is 10.2. The average molecular weight is 250 g/mol. The van der Waals surface area contributed by atoms with Crippen molar-refractivity contribution in [2.24, 2.45) is 0 Å². The predicted octanol–water partition coefficient (Wildman–Crippen LogP) is 3.50. The van der Waals surface area contributed by atoms with Gasteiger partial charge < -0.3 is 9.15 Å². The lowest BCUT2D eigenvalue weighted by Gasteiger charge is -2.07. The maximum atomic E-state index is 13.7. The maximum Gasteiger partial charge on any atom is 0.336 e. The fourth-order valence-corrected chi connectivity index (χ4v) is 1.71. The number of ether oxygens (including phenoxy) is 1. The Labute approximate surface area is 104 Å². The summed E-state index contributed by atoms with van der Waals surface area (Å²) in [6, 6.07) is 5.54. The van der Waals surface area contributed by atoms with Crippen LogP contribution in [0.5, 0.6) is 5.75 Å². The number of halogens is 1. The summed E-state index contributed by atoms with van der Waals surface area (Å²) >= 11 is 0. The molecule has 0 fully saturated rings. The average Bonchev–Trinajstić information content (AvgIpc) is 2.35. The molecule has 0 unspecified atom stereocenters. The van der Waals surface area contributed by atoms with Crippen molar-refractivity contribution >= 4 is 11.0 Å². The molecular formula is C14H15FO3. The van der Waals surface area contributed by atoms with Crippen molar-refractivity contribution in [3.63, 3.8) is 0 Å². The minimum absolute atomic E-state index is 0.132. The molecule has 0 bridgehead atoms. The van der Waals surface area contributed by atoms with Crippen molar-refractivity contribution in [1.29, 1.82) is 0 Å². The second-order valence-corrected chi connectivity index (χ2v) is 4.13. The van der Waals surface area contributed by atoms with Crippen LogP contribution in [0.15, 0.2) is 33.5 Å². The monoisotopic (exact) mass is 250 g/mol. The van der Waals surface area contributed by atoms with Gasteiger partial charge >= 0.3 is 5.63 Å². The van der Waals surface area contributed by atoms with Gasteiger partial charge in [0.2, 0.25) is 0 Å². The molecule has 18 heavy (non-hydrogen) atoms. The zero-order valence-corrected chi connectivity index (χ0v) is 10.2. The highest BCUT2D eigenvalue weighted by molar-refractivity contribution is 5.78. The second kappa shape index (κ2) is 5.67. The van der Waals surface area contributed by atoms with Gasteiger partial charge in [0.1, 0.15) is 5.58 Å². The SMILES string of the molecule is CCCCCOc1cc2oc(=O)ccc2cc1F. The van der Waals surface area contributed by atoms with Gasteiger partial charge in [0, 0.05) is 17.5 Å². The molecule has 3 nitrogen and oxygen atoms in total. The summed E-state index contributed by atoms with van der Waals surface area (Å²) in [5.41, 5.74) is -0.111. The number of benzene rings is 1. The van der Waals surface area contributed by atoms with Gasteiger partial charge in [-0.1, -0.05) is 19.8 Å². The highest BCUT2D eigenvalue weighted by atomic mass is 19.1. The molecule has 2 rings (SSSR count). The molecule has 0 aliphatic rings. The van der Waals surface area contributed by atoms with E-state index in [4.69, 9.17) is 9.15 Å². The van der Waals surface area contributed by atoms with E-state index in [9.17, 15) is 9.18 Å². The van der Waals surface area contributed by atoms with Gasteiger partial charge in [0.25, 0.3) is 0 Å². The summed E-state index contributed by atoms with van der Waals surface area (Å²) in [6.07, 6.45) is 3.01. The molecule has 96 valence electrons. The van der Waals surface area contributed by atoms with E-state index in [1.54, 1.807) is 0 Å². The third-order valence-corrected chi connectivity index (χ3v) is 2.68. The first kappa shape index (κ1) is 12.6. The summed E-state index contributed by atoms with van der Waals surface area (Å²) < 4.78 is 24.0. The molecule has 0 saturated carbocycles. The van der Waals surface area contributed by atoms with Crippen molar-refractivity contribution in [2.45, 2.75) is 26.2 Å². The van der Waals surface area contributed by atoms with Crippen LogP contribution >= 0.6 is 0 Å². The van der Waals surface area contributed by atoms with Gasteiger partial charge in [-0.2, -0.15) is 0 Å². The minimum Gasteiger partial charge on any atom is -0.490 e. The number of unbranched alkanes of at least 4 members (excludes halogenated alkanes) is 2. The van der Waals surface area contributed by atoms with Crippen LogP contribution in [-0.4, -0.2) is 6.61 Å². The Kier molecular flexibility index (Phi) is 3.97. The van der Waals surface area contributed by atoms with E-state index in [1.807, 2.05) is 0 Å². The fourth-order valence-electron chi connectivity index (χ4n) is 1.71. The second-order valence-electron chi connectivity index (χ2n) is 4.13. The standard InChI is InChI=1S/C14H15FO3/c1-2-3-4-7-17-13-9-12-10(8-11(13)15)5-6-14(16)18-12/h5-6,8-9H,2-4,7H2,1H3. The van der Waals surface area contributed by atoms with E-state index in [-0.39, 0.29) is 5.75 Å². The lowest BCUT2D eigenvalue weighted by molar-refractivity contribution is 0.291. The number of fused-ring (bicyclic) bond motifs is 1. The van der Waals surface area contributed by atoms with Gasteiger partial charge in [0.15, 0.2) is 11.6 Å². The molecule has 2 aromatic rings. The Morgan fingerprint density at radius 1 is 1.28 bits per heavy atom. The minimum atomic E-state index is -0.453. The number of hydrogen-bond acceptors (Lipinski definition) is 3. The van der Waals surface area contributed by atoms with Crippen molar-refractivity contribution in [1.82, 2.24) is 0 Å². The third kappa shape index (κ3) is 2.88. The molecule has 0 aliphatic carbocycles. The van der Waals surface area contributed by atoms with Crippen LogP contribution < -0.4 is 10.4 Å². The molecule has 0 saturated heterocycles. The quantitative estimate of drug-likeness (QED) is 0.602. The first-order valence-corrected chi connectivity index (χ1v) is 6.07. The Bertz CT molecular complexity index is 589. The van der Waals surface area contributed by atoms with E-state index in [0.717, 1.165) is 19.3 Å². The van der Waals surface area contributed by atoms with E-state index in [0.29, 0.717) is 17.6 Å². The molecule has 1 heterocycles. The number of hydrogen-bond donors (Lipinski definition) is 0. The van der Waals surface area contributed by atoms with Crippen molar-refractivity contribution in [2.75, 3.05) is 6.61 Å². The number of rotatable bonds is 5. The van der Waals surface area contributed by atoms with E-state index in [1.165, 1.54) is 24.3 Å². The van der Waals surface area contributed by atoms with Crippen LogP contribution in [-0.2, 0) is 0 Å². The third-order valence-electron chi connectivity index (χ3n) is 2.68. The topological polar surface area (TPSA) is 39.4 Å². The zero-order chi connectivity index (χ0) is 13.0. The molecule has 0 radical (unpaired) electrons. The molecular weight excluding hydrogens is 235 g/mol. The molecule has 0 N–H and O–H groups in total. The lowest BCUT2D eigenvalue weighted by Crippen LogP contribution is -2.00. The molecule has 0 atom stereocenters. The Balaban J connectivity index is 2.22. The maximum absolute atomic E-state index is 13.7. The van der Waals surface area contributed by atoms with E-state index >= 15 is 0 Å². The Hall–Kier alpha value is -1.84. The summed E-state index contributed by atoms with van der Waals surface area (Å²) in [5, 5.41) is 0.549. The van der Waals surface area contributed by atoms with Gasteiger partial charge in [-0.05, 0) is 18.6 Å². The molecule has 1 aromatic heterocycles. The molecule has 4 heteroatoms. The van der Waals surface area contributed by atoms with Gasteiger partial charge in [-0.3, -0.25) is 0 Å². The Morgan fingerprint density at radius 3 is 2.89 bits per heavy atom. The van der Waals surface area contributed by atoms with E-state index in [2.05, 4.69) is 6.92 Å². The highest BCUT2D eigenvalue weighted by Crippen LogP contribution is 2.24. The van der Waals surface area contributed by atoms with E-state index < -0.39 is 11.4 Å². The molecule has 1 aromatic carbocycles. The van der Waals surface area contributed by atoms with Gasteiger partial charge in [-0.25, -0.2) is 9.18 Å². The summed E-state index contributed by atoms with van der Waals surface area (Å²) in [7, 11) is 0. The van der Waals surface area contributed by atoms with Crippen LogP contribution in [0.25, 0.3) is 11.0 Å². The molecule has 0 spiro atoms. The van der Waals surface area contributed by atoms with Gasteiger partial charge in [-0.15, -0.1) is 0 Å². The van der Waals surface area contributed by atoms with Crippen molar-refractivity contribution in [3.8, 4) is 5.75 Å². The predicted molar refractivity (Wildman–Crippen MR) is 67.5 cm³/mol. The van der Waals surface area contributed by atoms with Crippen molar-refractivity contribution in [3.05, 3.63) is 40.5 Å². The first-order valence-electron chi connectivity index (χ1n) is 6.07. The Morgan fingerprint density at radius 2 is 2.11 bits per heavy atom. The largest absolute Gasteiger partial charge is 0.490 e. The van der Waals surface area contributed by atoms with Crippen LogP contribution in [0.4, 0.5) is 4.39 Å². The highest BCUT2D eigenvalue weighted by Gasteiger charge is 2.07. The van der Waals surface area contributed by atoms with Crippen LogP contribution in [0.1, 0.15) is 26.2 Å². The molecule has 0 amide bonds. The summed E-state index contributed by atoms with van der Waals surface area (Å²) in [4.78, 5) is 11.1. The first-order chi connectivity index (χ1) is 8.70. The molecule has 0 aliphatic heterocycles. The fraction of sp³-hybridized carbons (Fsp3) is 0.357. The van der Waals surface area contributed by atoms with Crippen molar-refractivity contribution < 1.29 is 13.5 Å². The van der Waals surface area contributed by atoms with Crippen LogP contribution in [0.2, 0.25) is 0 Å². The summed E-state index contributed by atoms with van der Waals surface area (Å²) in [6.45, 7) is 2.55. The summed E-state index contributed by atoms with van der Waals surface area (Å²) in [5.74, 6) is -0.305. The zero-order valence-electron chi connectivity index (χ0n) is 10.2. The van der Waals surface area contributed by atoms with Crippen LogP contribution in [0, 0.1) is 5.82 Å². The van der Waals surface area contributed by atoms with Gasteiger partial charge in [0.05, 0.1) is 6.61 Å². The van der Waals surface area contributed by atoms with Crippen LogP contribution in [0.3, 0.4) is 0 Å². The normalized spacial score (nSPS) is 10.8.